The first-order valence-electron chi connectivity index (χ1n) is 10.2. The molecule has 2 aliphatic rings. The minimum Gasteiger partial charge on any atom is -0.490 e. The highest BCUT2D eigenvalue weighted by molar-refractivity contribution is 5.75. The summed E-state index contributed by atoms with van der Waals surface area (Å²) in [6.45, 7) is 4.88. The number of anilines is 1. The second kappa shape index (κ2) is 8.70. The van der Waals surface area contributed by atoms with Gasteiger partial charge in [0.05, 0.1) is 19.3 Å². The lowest BCUT2D eigenvalue weighted by Crippen LogP contribution is -2.34. The van der Waals surface area contributed by atoms with Gasteiger partial charge in [0, 0.05) is 19.6 Å². The first-order chi connectivity index (χ1) is 14.2. The topological polar surface area (TPSA) is 48.0 Å². The Labute approximate surface area is 171 Å². The standard InChI is InChI=1S/C24H27NO4/c1-3-28-23(24(26)27-2)15-17-8-9-19-13-18(14-20(19)12-17)16-25-10-11-29-22-7-5-4-6-21(22)25/h4-9,12,14,23H,3,10-11,13,15-16H2,1-2H3. The maximum atomic E-state index is 11.9. The Morgan fingerprint density at radius 2 is 2.10 bits per heavy atom. The summed E-state index contributed by atoms with van der Waals surface area (Å²) < 4.78 is 16.2. The van der Waals surface area contributed by atoms with Gasteiger partial charge in [0.2, 0.25) is 0 Å². The normalized spacial score (nSPS) is 15.8. The molecule has 0 saturated heterocycles. The maximum absolute atomic E-state index is 11.9. The van der Waals surface area contributed by atoms with E-state index in [4.69, 9.17) is 14.2 Å². The third-order valence-corrected chi connectivity index (χ3v) is 5.46. The second-order valence-corrected chi connectivity index (χ2v) is 7.42. The fourth-order valence-electron chi connectivity index (χ4n) is 4.08. The van der Waals surface area contributed by atoms with E-state index in [2.05, 4.69) is 41.3 Å². The van der Waals surface area contributed by atoms with Crippen molar-refractivity contribution in [3.63, 3.8) is 0 Å². The van der Waals surface area contributed by atoms with E-state index in [0.29, 0.717) is 19.6 Å². The SMILES string of the molecule is CCOC(Cc1ccc2c(c1)C=C(CN1CCOc3ccccc31)C2)C(=O)OC. The van der Waals surface area contributed by atoms with Crippen LogP contribution in [-0.2, 0) is 27.1 Å². The molecule has 4 rings (SSSR count). The van der Waals surface area contributed by atoms with Crippen molar-refractivity contribution in [3.05, 3.63) is 64.7 Å². The van der Waals surface area contributed by atoms with E-state index in [1.165, 1.54) is 23.8 Å². The van der Waals surface area contributed by atoms with Crippen LogP contribution in [0.25, 0.3) is 6.08 Å². The van der Waals surface area contributed by atoms with E-state index in [-0.39, 0.29) is 5.97 Å². The molecule has 1 atom stereocenters. The maximum Gasteiger partial charge on any atom is 0.335 e. The third-order valence-electron chi connectivity index (χ3n) is 5.46. The first-order valence-corrected chi connectivity index (χ1v) is 10.2. The van der Waals surface area contributed by atoms with Crippen molar-refractivity contribution in [1.29, 1.82) is 0 Å². The summed E-state index contributed by atoms with van der Waals surface area (Å²) in [5, 5.41) is 0. The Bertz CT molecular complexity index is 921. The number of methoxy groups -OCH3 is 1. The van der Waals surface area contributed by atoms with Gasteiger partial charge in [-0.2, -0.15) is 0 Å². The molecular formula is C24H27NO4. The molecule has 1 aliphatic carbocycles. The van der Waals surface area contributed by atoms with Crippen LogP contribution < -0.4 is 9.64 Å². The minimum atomic E-state index is -0.558. The highest BCUT2D eigenvalue weighted by Crippen LogP contribution is 2.33. The van der Waals surface area contributed by atoms with Crippen molar-refractivity contribution in [2.24, 2.45) is 0 Å². The number of carbonyl (C=O) groups excluding carboxylic acids is 1. The summed E-state index contributed by atoms with van der Waals surface area (Å²) in [4.78, 5) is 14.3. The average molecular weight is 393 g/mol. The third kappa shape index (κ3) is 4.30. The largest absolute Gasteiger partial charge is 0.490 e. The number of hydrogen-bond donors (Lipinski definition) is 0. The molecule has 0 radical (unpaired) electrons. The number of rotatable bonds is 7. The van der Waals surface area contributed by atoms with Gasteiger partial charge in [-0.25, -0.2) is 4.79 Å². The number of ether oxygens (including phenoxy) is 3. The predicted octanol–water partition coefficient (Wildman–Crippen LogP) is 3.65. The number of nitrogens with zero attached hydrogens (tertiary/aromatic N) is 1. The van der Waals surface area contributed by atoms with Crippen molar-refractivity contribution in [3.8, 4) is 5.75 Å². The highest BCUT2D eigenvalue weighted by atomic mass is 16.6. The predicted molar refractivity (Wildman–Crippen MR) is 113 cm³/mol. The summed E-state index contributed by atoms with van der Waals surface area (Å²) in [5.41, 5.74) is 6.20. The molecule has 1 unspecified atom stereocenters. The number of para-hydroxylation sites is 2. The van der Waals surface area contributed by atoms with Crippen molar-refractivity contribution in [2.45, 2.75) is 25.9 Å². The molecule has 5 heteroatoms. The van der Waals surface area contributed by atoms with Crippen LogP contribution in [0.15, 0.2) is 48.0 Å². The van der Waals surface area contributed by atoms with E-state index in [1.807, 2.05) is 19.1 Å². The van der Waals surface area contributed by atoms with Crippen LogP contribution in [0.4, 0.5) is 5.69 Å². The lowest BCUT2D eigenvalue weighted by Gasteiger charge is -2.31. The van der Waals surface area contributed by atoms with Gasteiger partial charge < -0.3 is 19.1 Å². The Hall–Kier alpha value is -2.79. The summed E-state index contributed by atoms with van der Waals surface area (Å²) in [5.74, 6) is 0.636. The molecule has 1 aliphatic heterocycles. The smallest absolute Gasteiger partial charge is 0.335 e. The van der Waals surface area contributed by atoms with Crippen LogP contribution in [-0.4, -0.2) is 45.5 Å². The lowest BCUT2D eigenvalue weighted by atomic mass is 10.0. The van der Waals surface area contributed by atoms with Gasteiger partial charge in [0.1, 0.15) is 12.4 Å². The van der Waals surface area contributed by atoms with Gasteiger partial charge in [-0.15, -0.1) is 0 Å². The molecule has 5 nitrogen and oxygen atoms in total. The van der Waals surface area contributed by atoms with Gasteiger partial charge in [-0.3, -0.25) is 0 Å². The molecule has 29 heavy (non-hydrogen) atoms. The summed E-state index contributed by atoms with van der Waals surface area (Å²) in [7, 11) is 1.40. The van der Waals surface area contributed by atoms with Crippen LogP contribution in [0, 0.1) is 0 Å². The molecule has 2 aromatic carbocycles. The summed E-state index contributed by atoms with van der Waals surface area (Å²) >= 11 is 0. The summed E-state index contributed by atoms with van der Waals surface area (Å²) in [6, 6.07) is 14.7. The van der Waals surface area contributed by atoms with E-state index < -0.39 is 6.10 Å². The molecule has 0 aromatic heterocycles. The van der Waals surface area contributed by atoms with Crippen LogP contribution >= 0.6 is 0 Å². The number of benzene rings is 2. The molecular weight excluding hydrogens is 366 g/mol. The fourth-order valence-corrected chi connectivity index (χ4v) is 4.08. The van der Waals surface area contributed by atoms with Crippen molar-refractivity contribution < 1.29 is 19.0 Å². The summed E-state index contributed by atoms with van der Waals surface area (Å²) in [6.07, 6.45) is 3.21. The van der Waals surface area contributed by atoms with Crippen molar-refractivity contribution in [1.82, 2.24) is 0 Å². The molecule has 1 heterocycles. The Balaban J connectivity index is 1.47. The Morgan fingerprint density at radius 3 is 2.93 bits per heavy atom. The molecule has 0 N–H and O–H groups in total. The zero-order valence-electron chi connectivity index (χ0n) is 17.0. The van der Waals surface area contributed by atoms with Gasteiger partial charge >= 0.3 is 5.97 Å². The fraction of sp³-hybridized carbons (Fsp3) is 0.375. The molecule has 2 aromatic rings. The lowest BCUT2D eigenvalue weighted by molar-refractivity contribution is -0.153. The molecule has 0 fully saturated rings. The van der Waals surface area contributed by atoms with E-state index in [0.717, 1.165) is 36.5 Å². The number of esters is 1. The second-order valence-electron chi connectivity index (χ2n) is 7.42. The first kappa shape index (κ1) is 19.5. The van der Waals surface area contributed by atoms with Gasteiger partial charge in [0.15, 0.2) is 6.10 Å². The minimum absolute atomic E-state index is 0.324. The Kier molecular flexibility index (Phi) is 5.86. The molecule has 0 spiro atoms. The van der Waals surface area contributed by atoms with Crippen LogP contribution in [0.5, 0.6) is 5.75 Å². The van der Waals surface area contributed by atoms with E-state index in [9.17, 15) is 4.79 Å². The average Bonchev–Trinajstić information content (AvgIpc) is 3.14. The van der Waals surface area contributed by atoms with Crippen LogP contribution in [0.2, 0.25) is 0 Å². The van der Waals surface area contributed by atoms with Crippen molar-refractivity contribution >= 4 is 17.7 Å². The Morgan fingerprint density at radius 1 is 1.24 bits per heavy atom. The molecule has 0 amide bonds. The van der Waals surface area contributed by atoms with E-state index in [1.54, 1.807) is 0 Å². The zero-order chi connectivity index (χ0) is 20.2. The van der Waals surface area contributed by atoms with Gasteiger partial charge in [0.25, 0.3) is 0 Å². The molecule has 0 saturated carbocycles. The van der Waals surface area contributed by atoms with Crippen LogP contribution in [0.1, 0.15) is 23.6 Å². The highest BCUT2D eigenvalue weighted by Gasteiger charge is 2.23. The number of hydrogen-bond acceptors (Lipinski definition) is 5. The number of carbonyl (C=O) groups is 1. The number of fused-ring (bicyclic) bond motifs is 2. The molecule has 152 valence electrons. The van der Waals surface area contributed by atoms with Gasteiger partial charge in [-0.05, 0) is 47.7 Å². The van der Waals surface area contributed by atoms with Crippen molar-refractivity contribution in [2.75, 3.05) is 38.3 Å². The van der Waals surface area contributed by atoms with E-state index >= 15 is 0 Å². The quantitative estimate of drug-likeness (QED) is 0.672. The van der Waals surface area contributed by atoms with Gasteiger partial charge in [-0.1, -0.05) is 36.4 Å². The molecule has 0 bridgehead atoms. The monoisotopic (exact) mass is 393 g/mol. The zero-order valence-corrected chi connectivity index (χ0v) is 17.0. The van der Waals surface area contributed by atoms with Crippen LogP contribution in [0.3, 0.4) is 0 Å².